The van der Waals surface area contributed by atoms with Crippen LogP contribution in [-0.4, -0.2) is 5.11 Å². The molecular formula is C16H17Br3O. The smallest absolute Gasteiger partial charge is 0.0684 e. The van der Waals surface area contributed by atoms with Gasteiger partial charge >= 0.3 is 0 Å². The molecule has 0 unspecified atom stereocenters. The summed E-state index contributed by atoms with van der Waals surface area (Å²) in [5.41, 5.74) is 4.76. The van der Waals surface area contributed by atoms with Gasteiger partial charge in [-0.1, -0.05) is 72.1 Å². The first kappa shape index (κ1) is 17.9. The Morgan fingerprint density at radius 3 is 1.65 bits per heavy atom. The van der Waals surface area contributed by atoms with E-state index in [0.717, 1.165) is 20.9 Å². The highest BCUT2D eigenvalue weighted by Crippen LogP contribution is 2.21. The molecule has 0 aliphatic rings. The topological polar surface area (TPSA) is 20.2 Å². The van der Waals surface area contributed by atoms with E-state index in [9.17, 15) is 0 Å². The maximum atomic E-state index is 8.82. The highest BCUT2D eigenvalue weighted by molar-refractivity contribution is 9.11. The van der Waals surface area contributed by atoms with E-state index in [2.05, 4.69) is 66.8 Å². The van der Waals surface area contributed by atoms with Gasteiger partial charge in [0, 0.05) is 14.3 Å². The fourth-order valence-corrected chi connectivity index (χ4v) is 3.04. The van der Waals surface area contributed by atoms with Gasteiger partial charge in [-0.3, -0.25) is 0 Å². The lowest BCUT2D eigenvalue weighted by atomic mass is 10.1. The molecule has 0 atom stereocenters. The van der Waals surface area contributed by atoms with Crippen LogP contribution in [0.4, 0.5) is 0 Å². The molecule has 0 aliphatic heterocycles. The molecule has 1 nitrogen and oxygen atoms in total. The molecule has 0 amide bonds. The van der Waals surface area contributed by atoms with Gasteiger partial charge < -0.3 is 5.11 Å². The molecule has 0 aliphatic carbocycles. The summed E-state index contributed by atoms with van der Waals surface area (Å²) >= 11 is 10.3. The second kappa shape index (κ2) is 8.98. The van der Waals surface area contributed by atoms with E-state index in [1.54, 1.807) is 0 Å². The van der Waals surface area contributed by atoms with Crippen molar-refractivity contribution in [3.63, 3.8) is 0 Å². The van der Waals surface area contributed by atoms with E-state index in [1.165, 1.54) is 15.6 Å². The third-order valence-corrected chi connectivity index (χ3v) is 5.40. The first-order valence-corrected chi connectivity index (χ1v) is 8.86. The minimum atomic E-state index is 0.116. The molecule has 2 aromatic rings. The quantitative estimate of drug-likeness (QED) is 0.548. The Bertz CT molecular complexity index is 516. The van der Waals surface area contributed by atoms with Gasteiger partial charge in [0.15, 0.2) is 0 Å². The van der Waals surface area contributed by atoms with E-state index in [4.69, 9.17) is 5.11 Å². The normalized spacial score (nSPS) is 9.90. The van der Waals surface area contributed by atoms with Crippen molar-refractivity contribution in [1.82, 2.24) is 0 Å². The number of hydrogen-bond donors (Lipinski definition) is 1. The van der Waals surface area contributed by atoms with Crippen molar-refractivity contribution >= 4 is 47.8 Å². The van der Waals surface area contributed by atoms with Crippen LogP contribution in [-0.2, 0) is 11.9 Å². The fraction of sp³-hybridized carbons (Fsp3) is 0.250. The second-order valence-corrected chi connectivity index (χ2v) is 6.61. The molecule has 20 heavy (non-hydrogen) atoms. The molecule has 0 fully saturated rings. The Morgan fingerprint density at radius 1 is 0.850 bits per heavy atom. The molecule has 1 N–H and O–H groups in total. The molecule has 0 bridgehead atoms. The highest BCUT2D eigenvalue weighted by atomic mass is 79.9. The molecular weight excluding hydrogens is 448 g/mol. The zero-order valence-electron chi connectivity index (χ0n) is 11.5. The summed E-state index contributed by atoms with van der Waals surface area (Å²) in [5, 5.41) is 9.75. The lowest BCUT2D eigenvalue weighted by Crippen LogP contribution is -1.87. The molecule has 0 spiro atoms. The maximum Gasteiger partial charge on any atom is 0.0684 e. The Morgan fingerprint density at radius 2 is 1.30 bits per heavy atom. The Hall–Kier alpha value is -0.160. The molecule has 2 aromatic carbocycles. The maximum absolute atomic E-state index is 8.82. The van der Waals surface area contributed by atoms with Crippen LogP contribution in [0.5, 0.6) is 0 Å². The largest absolute Gasteiger partial charge is 0.392 e. The number of rotatable bonds is 2. The molecule has 0 saturated carbocycles. The van der Waals surface area contributed by atoms with Crippen LogP contribution in [0.2, 0.25) is 0 Å². The SMILES string of the molecule is Cc1c(Br)cccc1CBr.Cc1c(Br)cccc1CO. The van der Waals surface area contributed by atoms with Crippen LogP contribution in [0.3, 0.4) is 0 Å². The minimum Gasteiger partial charge on any atom is -0.392 e. The van der Waals surface area contributed by atoms with Crippen LogP contribution in [0.1, 0.15) is 22.3 Å². The summed E-state index contributed by atoms with van der Waals surface area (Å²) in [7, 11) is 0. The van der Waals surface area contributed by atoms with Gasteiger partial charge in [0.2, 0.25) is 0 Å². The summed E-state index contributed by atoms with van der Waals surface area (Å²) in [6.45, 7) is 4.21. The van der Waals surface area contributed by atoms with Gasteiger partial charge in [0.25, 0.3) is 0 Å². The highest BCUT2D eigenvalue weighted by Gasteiger charge is 1.98. The summed E-state index contributed by atoms with van der Waals surface area (Å²) < 4.78 is 2.24. The number of benzene rings is 2. The van der Waals surface area contributed by atoms with Gasteiger partial charge in [0.1, 0.15) is 0 Å². The Kier molecular flexibility index (Phi) is 8.03. The molecule has 2 rings (SSSR count). The van der Waals surface area contributed by atoms with Crippen LogP contribution < -0.4 is 0 Å². The van der Waals surface area contributed by atoms with Crippen molar-refractivity contribution in [3.8, 4) is 0 Å². The number of aliphatic hydroxyl groups excluding tert-OH is 1. The monoisotopic (exact) mass is 462 g/mol. The number of alkyl halides is 1. The zero-order chi connectivity index (χ0) is 15.1. The lowest BCUT2D eigenvalue weighted by Gasteiger charge is -2.02. The van der Waals surface area contributed by atoms with Crippen molar-refractivity contribution in [3.05, 3.63) is 67.6 Å². The lowest BCUT2D eigenvalue weighted by molar-refractivity contribution is 0.281. The second-order valence-electron chi connectivity index (χ2n) is 4.34. The van der Waals surface area contributed by atoms with Crippen LogP contribution in [0.25, 0.3) is 0 Å². The van der Waals surface area contributed by atoms with Gasteiger partial charge in [-0.2, -0.15) is 0 Å². The average Bonchev–Trinajstić information content (AvgIpc) is 2.45. The zero-order valence-corrected chi connectivity index (χ0v) is 16.2. The summed E-state index contributed by atoms with van der Waals surface area (Å²) in [6, 6.07) is 12.0. The van der Waals surface area contributed by atoms with Gasteiger partial charge in [-0.25, -0.2) is 0 Å². The Balaban J connectivity index is 0.000000200. The summed E-state index contributed by atoms with van der Waals surface area (Å²) in [5.74, 6) is 0. The number of halogens is 3. The summed E-state index contributed by atoms with van der Waals surface area (Å²) in [4.78, 5) is 0. The van der Waals surface area contributed by atoms with Crippen molar-refractivity contribution in [2.45, 2.75) is 25.8 Å². The molecule has 4 heteroatoms. The van der Waals surface area contributed by atoms with E-state index in [0.29, 0.717) is 0 Å². The third-order valence-electron chi connectivity index (χ3n) is 3.07. The average molecular weight is 465 g/mol. The molecule has 0 radical (unpaired) electrons. The Labute approximate surface area is 145 Å². The van der Waals surface area contributed by atoms with E-state index >= 15 is 0 Å². The van der Waals surface area contributed by atoms with Crippen molar-refractivity contribution in [1.29, 1.82) is 0 Å². The fourth-order valence-electron chi connectivity index (χ4n) is 1.62. The number of aliphatic hydroxyl groups is 1. The van der Waals surface area contributed by atoms with Crippen molar-refractivity contribution < 1.29 is 5.11 Å². The van der Waals surface area contributed by atoms with Crippen molar-refractivity contribution in [2.24, 2.45) is 0 Å². The predicted molar refractivity (Wildman–Crippen MR) is 96.3 cm³/mol. The third kappa shape index (κ3) is 4.99. The van der Waals surface area contributed by atoms with Crippen LogP contribution in [0, 0.1) is 13.8 Å². The first-order chi connectivity index (χ1) is 9.51. The van der Waals surface area contributed by atoms with E-state index in [-0.39, 0.29) is 6.61 Å². The molecule has 0 saturated heterocycles. The minimum absolute atomic E-state index is 0.116. The standard InChI is InChI=1S/C8H8Br2.C8H9BrO/c1-6-7(5-9)3-2-4-8(6)10;1-6-7(5-10)3-2-4-8(6)9/h2-4H,5H2,1H3;2-4,10H,5H2,1H3. The first-order valence-electron chi connectivity index (χ1n) is 6.16. The predicted octanol–water partition coefficient (Wildman–Crippen LogP) is 5.90. The molecule has 0 aromatic heterocycles. The van der Waals surface area contributed by atoms with Gasteiger partial charge in [-0.15, -0.1) is 0 Å². The van der Waals surface area contributed by atoms with Crippen LogP contribution in [0.15, 0.2) is 45.3 Å². The van der Waals surface area contributed by atoms with Crippen LogP contribution >= 0.6 is 47.8 Å². The van der Waals surface area contributed by atoms with E-state index in [1.807, 2.05) is 31.2 Å². The van der Waals surface area contributed by atoms with Crippen molar-refractivity contribution in [2.75, 3.05) is 0 Å². The molecule has 0 heterocycles. The van der Waals surface area contributed by atoms with E-state index < -0.39 is 0 Å². The number of hydrogen-bond acceptors (Lipinski definition) is 1. The van der Waals surface area contributed by atoms with Gasteiger partial charge in [0.05, 0.1) is 6.61 Å². The summed E-state index contributed by atoms with van der Waals surface area (Å²) in [6.07, 6.45) is 0. The van der Waals surface area contributed by atoms with Gasteiger partial charge in [-0.05, 0) is 48.2 Å². The molecule has 108 valence electrons.